The van der Waals surface area contributed by atoms with Crippen molar-refractivity contribution in [3.05, 3.63) is 34.3 Å². The molecule has 0 spiro atoms. The minimum absolute atomic E-state index is 0.267. The SMILES string of the molecule is COc1ccc(Br)cc1/C=C/C(=O)O[C@@H](C)C(=O)N(C)C. The van der Waals surface area contributed by atoms with Crippen molar-refractivity contribution in [1.82, 2.24) is 4.90 Å². The number of rotatable bonds is 5. The molecule has 0 aromatic heterocycles. The number of ether oxygens (including phenoxy) is 2. The van der Waals surface area contributed by atoms with Crippen LogP contribution in [0, 0.1) is 0 Å². The van der Waals surface area contributed by atoms with Gasteiger partial charge in [-0.1, -0.05) is 15.9 Å². The van der Waals surface area contributed by atoms with Gasteiger partial charge >= 0.3 is 5.97 Å². The zero-order valence-electron chi connectivity index (χ0n) is 12.4. The molecule has 0 saturated carbocycles. The van der Waals surface area contributed by atoms with Crippen LogP contribution in [0.3, 0.4) is 0 Å². The molecule has 5 nitrogen and oxygen atoms in total. The fraction of sp³-hybridized carbons (Fsp3) is 0.333. The van der Waals surface area contributed by atoms with E-state index in [1.807, 2.05) is 12.1 Å². The van der Waals surface area contributed by atoms with Crippen LogP contribution in [0.2, 0.25) is 0 Å². The summed E-state index contributed by atoms with van der Waals surface area (Å²) in [5.41, 5.74) is 0.732. The number of amides is 1. The van der Waals surface area contributed by atoms with Crippen LogP contribution in [0.25, 0.3) is 6.08 Å². The van der Waals surface area contributed by atoms with Crippen LogP contribution in [0.5, 0.6) is 5.75 Å². The number of hydrogen-bond donors (Lipinski definition) is 0. The molecule has 0 aliphatic rings. The third-order valence-corrected chi connectivity index (χ3v) is 3.17. The zero-order chi connectivity index (χ0) is 16.0. The van der Waals surface area contributed by atoms with Crippen LogP contribution in [0.1, 0.15) is 12.5 Å². The Kier molecular flexibility index (Phi) is 6.42. The topological polar surface area (TPSA) is 55.8 Å². The van der Waals surface area contributed by atoms with Gasteiger partial charge in [-0.3, -0.25) is 4.79 Å². The Morgan fingerprint density at radius 1 is 1.33 bits per heavy atom. The van der Waals surface area contributed by atoms with E-state index >= 15 is 0 Å². The van der Waals surface area contributed by atoms with Gasteiger partial charge in [0.15, 0.2) is 6.10 Å². The van der Waals surface area contributed by atoms with Gasteiger partial charge in [0, 0.05) is 30.2 Å². The second-order valence-electron chi connectivity index (χ2n) is 4.53. The smallest absolute Gasteiger partial charge is 0.331 e. The van der Waals surface area contributed by atoms with E-state index in [0.717, 1.165) is 10.0 Å². The molecule has 1 aromatic carbocycles. The Balaban J connectivity index is 2.75. The Hall–Kier alpha value is -1.82. The first-order valence-corrected chi connectivity index (χ1v) is 7.08. The van der Waals surface area contributed by atoms with Crippen molar-refractivity contribution in [2.75, 3.05) is 21.2 Å². The zero-order valence-corrected chi connectivity index (χ0v) is 14.0. The molecule has 0 bridgehead atoms. The Labute approximate surface area is 132 Å². The molecule has 1 amide bonds. The van der Waals surface area contributed by atoms with E-state index in [1.54, 1.807) is 33.3 Å². The molecule has 0 fully saturated rings. The first kappa shape index (κ1) is 17.2. The summed E-state index contributed by atoms with van der Waals surface area (Å²) < 4.78 is 11.1. The standard InChI is InChI=1S/C15H18BrNO4/c1-10(15(19)17(2)3)21-14(18)8-5-11-9-12(16)6-7-13(11)20-4/h5-10H,1-4H3/b8-5+/t10-/m0/s1. The molecule has 21 heavy (non-hydrogen) atoms. The van der Waals surface area contributed by atoms with Crippen molar-refractivity contribution >= 4 is 33.9 Å². The number of carbonyl (C=O) groups excluding carboxylic acids is 2. The molecule has 0 N–H and O–H groups in total. The predicted molar refractivity (Wildman–Crippen MR) is 84.0 cm³/mol. The molecular weight excluding hydrogens is 338 g/mol. The van der Waals surface area contributed by atoms with E-state index in [0.29, 0.717) is 5.75 Å². The molecule has 0 radical (unpaired) electrons. The molecule has 0 heterocycles. The van der Waals surface area contributed by atoms with Gasteiger partial charge in [-0.2, -0.15) is 0 Å². The quantitative estimate of drug-likeness (QED) is 0.601. The molecule has 0 saturated heterocycles. The maximum atomic E-state index is 11.7. The number of likely N-dealkylation sites (N-methyl/N-ethyl adjacent to an activating group) is 1. The summed E-state index contributed by atoms with van der Waals surface area (Å²) in [6.07, 6.45) is 2.03. The fourth-order valence-corrected chi connectivity index (χ4v) is 2.00. The first-order chi connectivity index (χ1) is 9.85. The minimum Gasteiger partial charge on any atom is -0.496 e. The van der Waals surface area contributed by atoms with Crippen LogP contribution in [0.4, 0.5) is 0 Å². The number of benzene rings is 1. The maximum absolute atomic E-state index is 11.7. The number of halogens is 1. The van der Waals surface area contributed by atoms with Crippen LogP contribution in [-0.2, 0) is 14.3 Å². The third-order valence-electron chi connectivity index (χ3n) is 2.67. The van der Waals surface area contributed by atoms with Gasteiger partial charge in [0.2, 0.25) is 0 Å². The molecule has 1 aromatic rings. The average Bonchev–Trinajstić information content (AvgIpc) is 2.44. The second-order valence-corrected chi connectivity index (χ2v) is 5.45. The van der Waals surface area contributed by atoms with E-state index in [4.69, 9.17) is 9.47 Å². The number of nitrogens with zero attached hydrogens (tertiary/aromatic N) is 1. The lowest BCUT2D eigenvalue weighted by Crippen LogP contribution is -2.34. The van der Waals surface area contributed by atoms with Gasteiger partial charge < -0.3 is 14.4 Å². The molecular formula is C15H18BrNO4. The Bertz CT molecular complexity index is 555. The van der Waals surface area contributed by atoms with Crippen LogP contribution in [-0.4, -0.2) is 44.1 Å². The lowest BCUT2D eigenvalue weighted by molar-refractivity contribution is -0.153. The molecule has 0 aliphatic carbocycles. The molecule has 1 atom stereocenters. The van der Waals surface area contributed by atoms with Crippen molar-refractivity contribution in [2.45, 2.75) is 13.0 Å². The van der Waals surface area contributed by atoms with Crippen molar-refractivity contribution in [3.8, 4) is 5.75 Å². The predicted octanol–water partition coefficient (Wildman–Crippen LogP) is 2.49. The average molecular weight is 356 g/mol. The molecule has 0 aliphatic heterocycles. The first-order valence-electron chi connectivity index (χ1n) is 6.28. The summed E-state index contributed by atoms with van der Waals surface area (Å²) in [5.74, 6) is -0.212. The highest BCUT2D eigenvalue weighted by molar-refractivity contribution is 9.10. The largest absolute Gasteiger partial charge is 0.496 e. The maximum Gasteiger partial charge on any atom is 0.331 e. The highest BCUT2D eigenvalue weighted by Crippen LogP contribution is 2.24. The van der Waals surface area contributed by atoms with Gasteiger partial charge in [0.05, 0.1) is 7.11 Å². The number of hydrogen-bond acceptors (Lipinski definition) is 4. The molecule has 114 valence electrons. The second kappa shape index (κ2) is 7.83. The highest BCUT2D eigenvalue weighted by Gasteiger charge is 2.17. The van der Waals surface area contributed by atoms with Crippen LogP contribution in [0.15, 0.2) is 28.7 Å². The van der Waals surface area contributed by atoms with Gasteiger partial charge in [0.25, 0.3) is 5.91 Å². The minimum atomic E-state index is -0.818. The summed E-state index contributed by atoms with van der Waals surface area (Å²) in [4.78, 5) is 24.7. The van der Waals surface area contributed by atoms with Crippen molar-refractivity contribution in [2.24, 2.45) is 0 Å². The lowest BCUT2D eigenvalue weighted by atomic mass is 10.2. The van der Waals surface area contributed by atoms with Crippen LogP contribution >= 0.6 is 15.9 Å². The Morgan fingerprint density at radius 2 is 2.00 bits per heavy atom. The monoisotopic (exact) mass is 355 g/mol. The van der Waals surface area contributed by atoms with E-state index in [-0.39, 0.29) is 5.91 Å². The van der Waals surface area contributed by atoms with Gasteiger partial charge in [-0.25, -0.2) is 4.79 Å². The highest BCUT2D eigenvalue weighted by atomic mass is 79.9. The normalized spacial score (nSPS) is 12.0. The summed E-state index contributed by atoms with van der Waals surface area (Å²) in [7, 11) is 4.76. The number of esters is 1. The summed E-state index contributed by atoms with van der Waals surface area (Å²) in [6, 6.07) is 5.44. The number of carbonyl (C=O) groups is 2. The molecule has 0 unspecified atom stereocenters. The molecule has 6 heteroatoms. The van der Waals surface area contributed by atoms with Gasteiger partial charge in [-0.05, 0) is 31.2 Å². The van der Waals surface area contributed by atoms with E-state index in [1.165, 1.54) is 17.9 Å². The molecule has 1 rings (SSSR count). The van der Waals surface area contributed by atoms with E-state index < -0.39 is 12.1 Å². The number of methoxy groups -OCH3 is 1. The Morgan fingerprint density at radius 3 is 2.57 bits per heavy atom. The van der Waals surface area contributed by atoms with Crippen LogP contribution < -0.4 is 4.74 Å². The van der Waals surface area contributed by atoms with E-state index in [9.17, 15) is 9.59 Å². The third kappa shape index (κ3) is 5.23. The lowest BCUT2D eigenvalue weighted by Gasteiger charge is -2.16. The summed E-state index contributed by atoms with van der Waals surface area (Å²) >= 11 is 3.35. The van der Waals surface area contributed by atoms with Crippen molar-refractivity contribution < 1.29 is 19.1 Å². The summed E-state index contributed by atoms with van der Waals surface area (Å²) in [6.45, 7) is 1.54. The van der Waals surface area contributed by atoms with E-state index in [2.05, 4.69) is 15.9 Å². The summed E-state index contributed by atoms with van der Waals surface area (Å²) in [5, 5.41) is 0. The van der Waals surface area contributed by atoms with Crippen molar-refractivity contribution in [1.29, 1.82) is 0 Å². The fourth-order valence-electron chi connectivity index (χ4n) is 1.62. The van der Waals surface area contributed by atoms with Gasteiger partial charge in [0.1, 0.15) is 5.75 Å². The van der Waals surface area contributed by atoms with Gasteiger partial charge in [-0.15, -0.1) is 0 Å². The van der Waals surface area contributed by atoms with Crippen molar-refractivity contribution in [3.63, 3.8) is 0 Å².